The number of benzene rings is 1. The minimum absolute atomic E-state index is 0.415. The van der Waals surface area contributed by atoms with Crippen molar-refractivity contribution < 1.29 is 0 Å². The zero-order valence-electron chi connectivity index (χ0n) is 10.5. The summed E-state index contributed by atoms with van der Waals surface area (Å²) >= 11 is 3.44. The fourth-order valence-corrected chi connectivity index (χ4v) is 2.92. The van der Waals surface area contributed by atoms with Crippen molar-refractivity contribution in [3.8, 4) is 6.07 Å². The Balaban J connectivity index is 2.04. The largest absolute Gasteiger partial charge is 0.382 e. The number of piperidine rings is 1. The second-order valence-corrected chi connectivity index (χ2v) is 5.80. The highest BCUT2D eigenvalue weighted by atomic mass is 79.9. The minimum atomic E-state index is 0.415. The highest BCUT2D eigenvalue weighted by molar-refractivity contribution is 9.10. The average Bonchev–Trinajstić information content (AvgIpc) is 2.39. The molecule has 2 N–H and O–H groups in total. The molecule has 1 aliphatic rings. The van der Waals surface area contributed by atoms with Crippen molar-refractivity contribution in [2.24, 2.45) is 5.92 Å². The van der Waals surface area contributed by atoms with Gasteiger partial charge in [-0.1, -0.05) is 15.9 Å². The summed E-state index contributed by atoms with van der Waals surface area (Å²) in [4.78, 5) is 0. The van der Waals surface area contributed by atoms with Crippen LogP contribution in [0.1, 0.15) is 25.3 Å². The molecule has 96 valence electrons. The molecule has 0 bridgehead atoms. The Morgan fingerprint density at radius 2 is 2.33 bits per heavy atom. The summed E-state index contributed by atoms with van der Waals surface area (Å²) in [6.07, 6.45) is 2.51. The Hall–Kier alpha value is -1.05. The van der Waals surface area contributed by atoms with Crippen LogP contribution in [0.5, 0.6) is 0 Å². The van der Waals surface area contributed by atoms with Gasteiger partial charge in [-0.05, 0) is 57.0 Å². The normalized spacial score (nSPS) is 21.1. The number of hydrogen-bond acceptors (Lipinski definition) is 3. The molecule has 0 saturated carbocycles. The van der Waals surface area contributed by atoms with E-state index in [2.05, 4.69) is 39.6 Å². The number of nitrogens with zero attached hydrogens (tertiary/aromatic N) is 1. The Morgan fingerprint density at radius 3 is 3.00 bits per heavy atom. The van der Waals surface area contributed by atoms with Crippen molar-refractivity contribution in [2.75, 3.05) is 18.4 Å². The van der Waals surface area contributed by atoms with E-state index < -0.39 is 0 Å². The van der Waals surface area contributed by atoms with Gasteiger partial charge in [0.1, 0.15) is 0 Å². The van der Waals surface area contributed by atoms with Crippen molar-refractivity contribution in [1.82, 2.24) is 5.32 Å². The van der Waals surface area contributed by atoms with Gasteiger partial charge in [0.2, 0.25) is 0 Å². The smallest absolute Gasteiger partial charge is 0.0992 e. The van der Waals surface area contributed by atoms with Gasteiger partial charge in [-0.15, -0.1) is 0 Å². The predicted octanol–water partition coefficient (Wildman–Crippen LogP) is 3.12. The second-order valence-electron chi connectivity index (χ2n) is 4.88. The summed E-state index contributed by atoms with van der Waals surface area (Å²) in [5, 5.41) is 15.9. The maximum Gasteiger partial charge on any atom is 0.0992 e. The Labute approximate surface area is 117 Å². The topological polar surface area (TPSA) is 47.9 Å². The van der Waals surface area contributed by atoms with Gasteiger partial charge in [0.15, 0.2) is 0 Å². The molecule has 1 aromatic carbocycles. The quantitative estimate of drug-likeness (QED) is 0.902. The van der Waals surface area contributed by atoms with Crippen molar-refractivity contribution in [2.45, 2.75) is 25.8 Å². The molecule has 18 heavy (non-hydrogen) atoms. The number of nitrogens with one attached hydrogen (secondary N) is 2. The van der Waals surface area contributed by atoms with Crippen LogP contribution in [0, 0.1) is 17.2 Å². The molecule has 0 amide bonds. The van der Waals surface area contributed by atoms with Crippen LogP contribution in [-0.4, -0.2) is 19.1 Å². The van der Waals surface area contributed by atoms with E-state index in [0.717, 1.165) is 23.2 Å². The van der Waals surface area contributed by atoms with Gasteiger partial charge in [-0.3, -0.25) is 0 Å². The van der Waals surface area contributed by atoms with Crippen molar-refractivity contribution >= 4 is 21.6 Å². The first-order valence-corrected chi connectivity index (χ1v) is 7.16. The first-order valence-electron chi connectivity index (χ1n) is 6.37. The molecule has 1 aliphatic heterocycles. The van der Waals surface area contributed by atoms with Crippen LogP contribution in [0.15, 0.2) is 22.7 Å². The van der Waals surface area contributed by atoms with Crippen LogP contribution in [0.25, 0.3) is 0 Å². The third-order valence-corrected chi connectivity index (χ3v) is 3.92. The molecule has 1 fully saturated rings. The van der Waals surface area contributed by atoms with E-state index in [1.807, 2.05) is 18.2 Å². The fraction of sp³-hybridized carbons (Fsp3) is 0.500. The van der Waals surface area contributed by atoms with E-state index in [9.17, 15) is 0 Å². The van der Waals surface area contributed by atoms with E-state index in [-0.39, 0.29) is 0 Å². The Morgan fingerprint density at radius 1 is 1.50 bits per heavy atom. The molecule has 4 heteroatoms. The summed E-state index contributed by atoms with van der Waals surface area (Å²) in [5.74, 6) is 0.656. The molecule has 1 aromatic rings. The van der Waals surface area contributed by atoms with Crippen molar-refractivity contribution in [1.29, 1.82) is 5.26 Å². The molecular formula is C14H18BrN3. The van der Waals surface area contributed by atoms with Gasteiger partial charge < -0.3 is 10.6 Å². The molecular weight excluding hydrogens is 290 g/mol. The number of nitriles is 1. The Bertz CT molecular complexity index is 447. The molecule has 2 atom stereocenters. The van der Waals surface area contributed by atoms with Crippen LogP contribution in [0.2, 0.25) is 0 Å². The monoisotopic (exact) mass is 307 g/mol. The van der Waals surface area contributed by atoms with E-state index in [1.54, 1.807) is 0 Å². The highest BCUT2D eigenvalue weighted by Crippen LogP contribution is 2.23. The van der Waals surface area contributed by atoms with Crippen molar-refractivity contribution in [3.63, 3.8) is 0 Å². The molecule has 0 radical (unpaired) electrons. The zero-order valence-corrected chi connectivity index (χ0v) is 12.1. The minimum Gasteiger partial charge on any atom is -0.382 e. The van der Waals surface area contributed by atoms with E-state index in [1.165, 1.54) is 12.8 Å². The van der Waals surface area contributed by atoms with Crippen LogP contribution in [0.4, 0.5) is 5.69 Å². The summed E-state index contributed by atoms with van der Waals surface area (Å²) in [5.41, 5.74) is 1.69. The van der Waals surface area contributed by atoms with Gasteiger partial charge in [0.05, 0.1) is 11.6 Å². The third kappa shape index (κ3) is 3.47. The Kier molecular flexibility index (Phi) is 4.62. The summed E-state index contributed by atoms with van der Waals surface area (Å²) < 4.78 is 0.943. The SMILES string of the molecule is CC(Nc1cc(Br)cc(C#N)c1)C1CCCNC1. The van der Waals surface area contributed by atoms with Crippen LogP contribution in [-0.2, 0) is 0 Å². The predicted molar refractivity (Wildman–Crippen MR) is 77.5 cm³/mol. The molecule has 0 aromatic heterocycles. The second kappa shape index (κ2) is 6.21. The summed E-state index contributed by atoms with van der Waals surface area (Å²) in [7, 11) is 0. The molecule has 1 saturated heterocycles. The molecule has 3 nitrogen and oxygen atoms in total. The molecule has 0 spiro atoms. The first kappa shape index (κ1) is 13.4. The van der Waals surface area contributed by atoms with Crippen molar-refractivity contribution in [3.05, 3.63) is 28.2 Å². The standard InChI is InChI=1S/C14H18BrN3/c1-10(12-3-2-4-17-9-12)18-14-6-11(8-16)5-13(15)7-14/h5-7,10,12,17-18H,2-4,9H2,1H3. The number of hydrogen-bond donors (Lipinski definition) is 2. The maximum absolute atomic E-state index is 8.96. The van der Waals surface area contributed by atoms with Gasteiger partial charge >= 0.3 is 0 Å². The van der Waals surface area contributed by atoms with Gasteiger partial charge in [-0.2, -0.15) is 5.26 Å². The fourth-order valence-electron chi connectivity index (χ4n) is 2.42. The van der Waals surface area contributed by atoms with E-state index in [4.69, 9.17) is 5.26 Å². The first-order chi connectivity index (χ1) is 8.69. The lowest BCUT2D eigenvalue weighted by molar-refractivity contribution is 0.347. The zero-order chi connectivity index (χ0) is 13.0. The molecule has 2 unspecified atom stereocenters. The molecule has 0 aliphatic carbocycles. The number of halogens is 1. The molecule has 2 rings (SSSR count). The molecule has 1 heterocycles. The van der Waals surface area contributed by atoms with Gasteiger partial charge in [0.25, 0.3) is 0 Å². The highest BCUT2D eigenvalue weighted by Gasteiger charge is 2.19. The van der Waals surface area contributed by atoms with E-state index >= 15 is 0 Å². The maximum atomic E-state index is 8.96. The van der Waals surface area contributed by atoms with Crippen LogP contribution in [0.3, 0.4) is 0 Å². The summed E-state index contributed by atoms with van der Waals surface area (Å²) in [6, 6.07) is 8.35. The lowest BCUT2D eigenvalue weighted by atomic mass is 9.92. The van der Waals surface area contributed by atoms with E-state index in [0.29, 0.717) is 17.5 Å². The van der Waals surface area contributed by atoms with Crippen LogP contribution >= 0.6 is 15.9 Å². The van der Waals surface area contributed by atoms with Crippen LogP contribution < -0.4 is 10.6 Å². The lowest BCUT2D eigenvalue weighted by Gasteiger charge is -2.29. The number of anilines is 1. The lowest BCUT2D eigenvalue weighted by Crippen LogP contribution is -2.38. The third-order valence-electron chi connectivity index (χ3n) is 3.46. The summed E-state index contributed by atoms with van der Waals surface area (Å²) in [6.45, 7) is 4.43. The number of rotatable bonds is 3. The average molecular weight is 308 g/mol. The van der Waals surface area contributed by atoms with Gasteiger partial charge in [0, 0.05) is 16.2 Å². The van der Waals surface area contributed by atoms with Gasteiger partial charge in [-0.25, -0.2) is 0 Å².